The maximum atomic E-state index is 13.3. The molecule has 0 unspecified atom stereocenters. The maximum absolute atomic E-state index is 13.3. The van der Waals surface area contributed by atoms with Crippen LogP contribution in [0.2, 0.25) is 0 Å². The Labute approximate surface area is 279 Å². The fraction of sp³-hybridized carbons (Fsp3) is 0.0526. The predicted octanol–water partition coefficient (Wildman–Crippen LogP) is 11.5. The largest absolute Gasteiger partial charge is 0.416 e. The number of benzene rings is 5. The molecule has 0 spiro atoms. The molecule has 0 atom stereocenters. The molecule has 0 fully saturated rings. The first kappa shape index (κ1) is 32.1. The van der Waals surface area contributed by atoms with Gasteiger partial charge < -0.3 is 0 Å². The number of alkyl halides is 6. The Balaban J connectivity index is 0.00000386. The molecule has 0 aliphatic rings. The average molecular weight is 807 g/mol. The third-order valence-electron chi connectivity index (χ3n) is 7.94. The van der Waals surface area contributed by atoms with E-state index in [9.17, 15) is 26.3 Å². The second-order valence-corrected chi connectivity index (χ2v) is 10.9. The molecule has 2 nitrogen and oxygen atoms in total. The Morgan fingerprint density at radius 2 is 0.723 bits per heavy atom. The van der Waals surface area contributed by atoms with E-state index in [4.69, 9.17) is 9.97 Å². The van der Waals surface area contributed by atoms with Crippen LogP contribution < -0.4 is 0 Å². The van der Waals surface area contributed by atoms with Crippen molar-refractivity contribution in [3.8, 4) is 44.8 Å². The second kappa shape index (κ2) is 12.4. The van der Waals surface area contributed by atoms with E-state index in [1.807, 2.05) is 84.9 Å². The van der Waals surface area contributed by atoms with Crippen LogP contribution in [0.3, 0.4) is 0 Å². The molecule has 0 bridgehead atoms. The van der Waals surface area contributed by atoms with Crippen molar-refractivity contribution in [3.05, 3.63) is 145 Å². The first-order chi connectivity index (χ1) is 22.1. The van der Waals surface area contributed by atoms with Gasteiger partial charge in [0.25, 0.3) is 0 Å². The molecule has 5 aromatic carbocycles. The molecule has 0 aliphatic carbocycles. The summed E-state index contributed by atoms with van der Waals surface area (Å²) >= 11 is 0. The van der Waals surface area contributed by atoms with Gasteiger partial charge in [-0.15, -0.1) is 0 Å². The smallest absolute Gasteiger partial charge is 0.245 e. The van der Waals surface area contributed by atoms with Crippen molar-refractivity contribution < 1.29 is 46.8 Å². The van der Waals surface area contributed by atoms with Gasteiger partial charge >= 0.3 is 12.4 Å². The van der Waals surface area contributed by atoms with Crippen molar-refractivity contribution in [3.63, 3.8) is 0 Å². The number of fused-ring (bicyclic) bond motifs is 3. The Morgan fingerprint density at radius 3 is 1.04 bits per heavy atom. The molecule has 0 aliphatic heterocycles. The molecule has 0 N–H and O–H groups in total. The molecule has 0 saturated carbocycles. The number of hydrogen-bond donors (Lipinski definition) is 0. The third kappa shape index (κ3) is 6.29. The minimum atomic E-state index is -4.48. The third-order valence-corrected chi connectivity index (χ3v) is 7.94. The monoisotopic (exact) mass is 807 g/mol. The van der Waals surface area contributed by atoms with E-state index in [0.717, 1.165) is 57.3 Å². The van der Waals surface area contributed by atoms with Crippen molar-refractivity contribution in [2.75, 3.05) is 0 Å². The topological polar surface area (TPSA) is 25.8 Å². The summed E-state index contributed by atoms with van der Waals surface area (Å²) < 4.78 is 80.1. The summed E-state index contributed by atoms with van der Waals surface area (Å²) in [6.45, 7) is 0. The maximum Gasteiger partial charge on any atom is 0.416 e. The summed E-state index contributed by atoms with van der Waals surface area (Å²) in [7, 11) is 0. The zero-order valence-corrected chi connectivity index (χ0v) is 27.0. The van der Waals surface area contributed by atoms with Gasteiger partial charge in [0.1, 0.15) is 0 Å². The van der Waals surface area contributed by atoms with Crippen molar-refractivity contribution in [2.24, 2.45) is 0 Å². The van der Waals surface area contributed by atoms with Crippen molar-refractivity contribution in [2.45, 2.75) is 12.4 Å². The van der Waals surface area contributed by atoms with Gasteiger partial charge in [-0.1, -0.05) is 97.1 Å². The molecule has 7 rings (SSSR count). The zero-order valence-electron chi connectivity index (χ0n) is 24.2. The van der Waals surface area contributed by atoms with Crippen LogP contribution in [0.25, 0.3) is 66.6 Å². The summed E-state index contributed by atoms with van der Waals surface area (Å²) in [4.78, 5) is 9.95. The van der Waals surface area contributed by atoms with Crippen molar-refractivity contribution in [1.82, 2.24) is 9.97 Å². The number of hydrogen-bond acceptors (Lipinski definition) is 2. The van der Waals surface area contributed by atoms with Gasteiger partial charge in [0.15, 0.2) is 0 Å². The fourth-order valence-corrected chi connectivity index (χ4v) is 5.64. The molecule has 0 saturated heterocycles. The fourth-order valence-electron chi connectivity index (χ4n) is 5.64. The van der Waals surface area contributed by atoms with E-state index < -0.39 is 23.5 Å². The first-order valence-electron chi connectivity index (χ1n) is 14.3. The van der Waals surface area contributed by atoms with Crippen LogP contribution in [0, 0.1) is 0 Å². The summed E-state index contributed by atoms with van der Waals surface area (Å²) in [5.41, 5.74) is 4.77. The van der Waals surface area contributed by atoms with Crippen LogP contribution >= 0.6 is 0 Å². The van der Waals surface area contributed by atoms with Gasteiger partial charge in [0.05, 0.1) is 33.5 Å². The second-order valence-electron chi connectivity index (χ2n) is 10.9. The molecule has 233 valence electrons. The normalized spacial score (nSPS) is 11.9. The van der Waals surface area contributed by atoms with Crippen molar-refractivity contribution >= 4 is 21.8 Å². The molecule has 9 heteroatoms. The summed E-state index contributed by atoms with van der Waals surface area (Å²) in [6.07, 6.45) is -8.96. The van der Waals surface area contributed by atoms with Crippen LogP contribution in [0.15, 0.2) is 133 Å². The molecule has 7 aromatic rings. The van der Waals surface area contributed by atoms with Crippen LogP contribution in [-0.4, -0.2) is 9.97 Å². The van der Waals surface area contributed by atoms with E-state index >= 15 is 0 Å². The van der Waals surface area contributed by atoms with Gasteiger partial charge in [-0.25, -0.2) is 9.97 Å². The Kier molecular flexibility index (Phi) is 8.48. The number of pyridine rings is 2. The number of aromatic nitrogens is 2. The van der Waals surface area contributed by atoms with Crippen LogP contribution in [0.4, 0.5) is 26.3 Å². The quantitative estimate of drug-likeness (QED) is 0.131. The van der Waals surface area contributed by atoms with Gasteiger partial charge in [0.2, 0.25) is 0 Å². The molecule has 2 aromatic heterocycles. The van der Waals surface area contributed by atoms with Gasteiger partial charge in [-0.05, 0) is 58.7 Å². The Morgan fingerprint density at radius 1 is 0.383 bits per heavy atom. The van der Waals surface area contributed by atoms with E-state index in [1.54, 1.807) is 0 Å². The molecule has 0 amide bonds. The molecule has 2 heterocycles. The van der Waals surface area contributed by atoms with Crippen molar-refractivity contribution in [1.29, 1.82) is 0 Å². The van der Waals surface area contributed by atoms with Gasteiger partial charge in [0, 0.05) is 42.3 Å². The first-order valence-corrected chi connectivity index (χ1v) is 14.3. The molecular formula is C38H22F6N2Re. The Bertz CT molecular complexity index is 2040. The SMILES string of the molecule is FC(F)(F)c1ccc(-c2cc(-c3ccccc3)c3ccc4c(-c5ccccc5)cc(-c5ccc(C(F)(F)F)cc5)nc4c3n2)cc1.[Re]. The average Bonchev–Trinajstić information content (AvgIpc) is 3.07. The number of rotatable bonds is 4. The van der Waals surface area contributed by atoms with Crippen LogP contribution in [0.1, 0.15) is 11.1 Å². The van der Waals surface area contributed by atoms with E-state index in [2.05, 4.69) is 0 Å². The Hall–Kier alpha value is -4.84. The molecular weight excluding hydrogens is 785 g/mol. The van der Waals surface area contributed by atoms with E-state index in [-0.39, 0.29) is 20.4 Å². The van der Waals surface area contributed by atoms with Gasteiger partial charge in [-0.3, -0.25) is 0 Å². The zero-order chi connectivity index (χ0) is 32.1. The molecule has 47 heavy (non-hydrogen) atoms. The van der Waals surface area contributed by atoms with Gasteiger partial charge in [-0.2, -0.15) is 26.3 Å². The predicted molar refractivity (Wildman–Crippen MR) is 169 cm³/mol. The van der Waals surface area contributed by atoms with E-state index in [0.29, 0.717) is 33.5 Å². The van der Waals surface area contributed by atoms with Crippen LogP contribution in [0.5, 0.6) is 0 Å². The summed E-state index contributed by atoms with van der Waals surface area (Å²) in [6, 6.07) is 36.5. The summed E-state index contributed by atoms with van der Waals surface area (Å²) in [5, 5.41) is 1.54. The van der Waals surface area contributed by atoms with E-state index in [1.165, 1.54) is 24.3 Å². The molecule has 1 radical (unpaired) electrons. The minimum absolute atomic E-state index is 0. The standard InChI is InChI=1S/C38H22F6N2.Re/c39-37(40,41)27-15-11-25(12-16-27)33-21-31(23-7-3-1-4-8-23)29-19-20-30-32(24-9-5-2-6-10-24)22-34(46-36(30)35(29)45-33)26-13-17-28(18-14-26)38(42,43)44;/h1-22H;. The number of nitrogens with zero attached hydrogens (tertiary/aromatic N) is 2. The minimum Gasteiger partial charge on any atom is -0.245 e. The summed E-state index contributed by atoms with van der Waals surface area (Å²) in [5.74, 6) is 0. The number of halogens is 6. The van der Waals surface area contributed by atoms with Crippen LogP contribution in [-0.2, 0) is 32.8 Å².